The van der Waals surface area contributed by atoms with Crippen molar-refractivity contribution < 1.29 is 22.7 Å². The highest BCUT2D eigenvalue weighted by Gasteiger charge is 2.35. The molecule has 0 amide bonds. The Labute approximate surface area is 184 Å². The number of nitrogens with zero attached hydrogens (tertiary/aromatic N) is 1. The molecule has 1 aromatic heterocycles. The third-order valence-electron chi connectivity index (χ3n) is 5.25. The minimum absolute atomic E-state index is 0.146. The van der Waals surface area contributed by atoms with Crippen LogP contribution in [0.15, 0.2) is 35.2 Å². The number of nitrogens with one attached hydrogen (secondary N) is 1. The van der Waals surface area contributed by atoms with Gasteiger partial charge in [-0.25, -0.2) is 13.2 Å². The van der Waals surface area contributed by atoms with Crippen molar-refractivity contribution >= 4 is 21.8 Å². The number of carbonyl (C=O) groups is 2. The fraction of sp³-hybridized carbons (Fsp3) is 0.478. The molecule has 0 aliphatic rings. The number of H-pyrrole nitrogens is 1. The molecule has 1 aromatic carbocycles. The summed E-state index contributed by atoms with van der Waals surface area (Å²) in [6.45, 7) is 11.1. The van der Waals surface area contributed by atoms with Gasteiger partial charge in [-0.15, -0.1) is 0 Å². The minimum atomic E-state index is -3.88. The zero-order valence-electron chi connectivity index (χ0n) is 19.1. The average molecular weight is 449 g/mol. The van der Waals surface area contributed by atoms with Gasteiger partial charge in [0.05, 0.1) is 17.5 Å². The van der Waals surface area contributed by atoms with Gasteiger partial charge in [0, 0.05) is 17.8 Å². The molecule has 2 rings (SSSR count). The largest absolute Gasteiger partial charge is 0.461 e. The smallest absolute Gasteiger partial charge is 0.355 e. The van der Waals surface area contributed by atoms with E-state index in [1.54, 1.807) is 45.9 Å². The second kappa shape index (κ2) is 10.2. The highest BCUT2D eigenvalue weighted by atomic mass is 32.2. The monoisotopic (exact) mass is 448 g/mol. The van der Waals surface area contributed by atoms with Gasteiger partial charge in [-0.2, -0.15) is 4.31 Å². The number of hydrogen-bond donors (Lipinski definition) is 1. The van der Waals surface area contributed by atoms with Crippen LogP contribution >= 0.6 is 0 Å². The highest BCUT2D eigenvalue weighted by Crippen LogP contribution is 2.26. The van der Waals surface area contributed by atoms with Crippen molar-refractivity contribution in [3.05, 3.63) is 52.8 Å². The molecule has 0 radical (unpaired) electrons. The lowest BCUT2D eigenvalue weighted by Gasteiger charge is -2.28. The van der Waals surface area contributed by atoms with E-state index in [-0.39, 0.29) is 35.4 Å². The van der Waals surface area contributed by atoms with E-state index in [4.69, 9.17) is 4.74 Å². The van der Waals surface area contributed by atoms with E-state index >= 15 is 0 Å². The van der Waals surface area contributed by atoms with Crippen molar-refractivity contribution in [2.45, 2.75) is 58.9 Å². The maximum Gasteiger partial charge on any atom is 0.355 e. The first kappa shape index (κ1) is 24.8. The second-order valence-electron chi connectivity index (χ2n) is 8.00. The fourth-order valence-corrected chi connectivity index (χ4v) is 5.13. The standard InChI is InChI=1S/C23H32N2O5S/c1-7-30-23(27)21-16(4)20(17(5)24-21)22(26)18(6)25(14-13-15(2)3)31(28,29)19-11-9-8-10-12-19/h8-12,15,18,24H,7,13-14H2,1-6H3. The molecule has 2 aromatic rings. The van der Waals surface area contributed by atoms with E-state index in [1.165, 1.54) is 16.4 Å². The van der Waals surface area contributed by atoms with Gasteiger partial charge in [0.15, 0.2) is 5.78 Å². The van der Waals surface area contributed by atoms with Crippen LogP contribution in [0.1, 0.15) is 66.2 Å². The molecule has 1 N–H and O–H groups in total. The molecular formula is C23H32N2O5S. The van der Waals surface area contributed by atoms with E-state index in [0.717, 1.165) is 0 Å². The van der Waals surface area contributed by atoms with E-state index in [9.17, 15) is 18.0 Å². The second-order valence-corrected chi connectivity index (χ2v) is 9.89. The number of ether oxygens (including phenoxy) is 1. The van der Waals surface area contributed by atoms with Crippen LogP contribution < -0.4 is 0 Å². The van der Waals surface area contributed by atoms with Crippen molar-refractivity contribution in [2.24, 2.45) is 5.92 Å². The number of aromatic amines is 1. The molecule has 0 aliphatic carbocycles. The van der Waals surface area contributed by atoms with E-state index in [2.05, 4.69) is 4.98 Å². The van der Waals surface area contributed by atoms with Crippen LogP contribution in [0.2, 0.25) is 0 Å². The Morgan fingerprint density at radius 3 is 2.26 bits per heavy atom. The number of ketones is 1. The van der Waals surface area contributed by atoms with Gasteiger partial charge < -0.3 is 9.72 Å². The summed E-state index contributed by atoms with van der Waals surface area (Å²) in [6.07, 6.45) is 0.614. The van der Waals surface area contributed by atoms with Crippen LogP contribution in [-0.4, -0.2) is 48.7 Å². The summed E-state index contributed by atoms with van der Waals surface area (Å²) in [5.41, 5.74) is 1.52. The Balaban J connectivity index is 2.47. The minimum Gasteiger partial charge on any atom is -0.461 e. The number of aromatic nitrogens is 1. The van der Waals surface area contributed by atoms with Crippen LogP contribution in [0, 0.1) is 19.8 Å². The van der Waals surface area contributed by atoms with Crippen LogP contribution in [0.25, 0.3) is 0 Å². The maximum atomic E-state index is 13.5. The predicted octanol–water partition coefficient (Wildman–Crippen LogP) is 4.12. The van der Waals surface area contributed by atoms with E-state index < -0.39 is 22.0 Å². The summed E-state index contributed by atoms with van der Waals surface area (Å²) >= 11 is 0. The van der Waals surface area contributed by atoms with E-state index in [1.807, 2.05) is 13.8 Å². The van der Waals surface area contributed by atoms with Crippen molar-refractivity contribution in [1.29, 1.82) is 0 Å². The maximum absolute atomic E-state index is 13.5. The molecule has 8 heteroatoms. The Hall–Kier alpha value is -2.45. The zero-order chi connectivity index (χ0) is 23.3. The van der Waals surface area contributed by atoms with Gasteiger partial charge in [-0.1, -0.05) is 32.0 Å². The van der Waals surface area contributed by atoms with Gasteiger partial charge in [0.25, 0.3) is 0 Å². The molecule has 0 saturated heterocycles. The molecule has 31 heavy (non-hydrogen) atoms. The van der Waals surface area contributed by atoms with Gasteiger partial charge in [-0.05, 0) is 57.7 Å². The first-order valence-corrected chi connectivity index (χ1v) is 11.9. The van der Waals surface area contributed by atoms with Crippen LogP contribution in [0.5, 0.6) is 0 Å². The summed E-state index contributed by atoms with van der Waals surface area (Å²) < 4.78 is 33.1. The van der Waals surface area contributed by atoms with Crippen LogP contribution in [0.4, 0.5) is 0 Å². The fourth-order valence-electron chi connectivity index (χ4n) is 3.50. The zero-order valence-corrected chi connectivity index (χ0v) is 19.9. The predicted molar refractivity (Wildman–Crippen MR) is 120 cm³/mol. The SMILES string of the molecule is CCOC(=O)c1[nH]c(C)c(C(=O)C(C)N(CCC(C)C)S(=O)(=O)c2ccccc2)c1C. The van der Waals surface area contributed by atoms with Crippen molar-refractivity contribution in [3.8, 4) is 0 Å². The van der Waals surface area contributed by atoms with Gasteiger partial charge in [0.2, 0.25) is 10.0 Å². The number of hydrogen-bond acceptors (Lipinski definition) is 5. The number of esters is 1. The Bertz CT molecular complexity index is 1030. The van der Waals surface area contributed by atoms with Crippen molar-refractivity contribution in [3.63, 3.8) is 0 Å². The number of carbonyl (C=O) groups excluding carboxylic acids is 2. The summed E-state index contributed by atoms with van der Waals surface area (Å²) in [4.78, 5) is 28.8. The highest BCUT2D eigenvalue weighted by molar-refractivity contribution is 7.89. The molecule has 0 fully saturated rings. The molecule has 1 heterocycles. The Morgan fingerprint density at radius 2 is 1.71 bits per heavy atom. The Kier molecular flexibility index (Phi) is 8.20. The summed E-state index contributed by atoms with van der Waals surface area (Å²) in [6, 6.07) is 7.18. The Morgan fingerprint density at radius 1 is 1.10 bits per heavy atom. The first-order chi connectivity index (χ1) is 14.5. The van der Waals surface area contributed by atoms with Crippen molar-refractivity contribution in [1.82, 2.24) is 9.29 Å². The molecule has 0 bridgehead atoms. The number of benzene rings is 1. The topological polar surface area (TPSA) is 96.5 Å². The molecule has 1 unspecified atom stereocenters. The van der Waals surface area contributed by atoms with Crippen LogP contribution in [0.3, 0.4) is 0 Å². The quantitative estimate of drug-likeness (QED) is 0.436. The number of rotatable bonds is 10. The van der Waals surface area contributed by atoms with E-state index in [0.29, 0.717) is 23.2 Å². The molecule has 7 nitrogen and oxygen atoms in total. The lowest BCUT2D eigenvalue weighted by atomic mass is 10.0. The lowest BCUT2D eigenvalue weighted by molar-refractivity contribution is 0.0519. The molecule has 0 spiro atoms. The normalized spacial score (nSPS) is 12.9. The van der Waals surface area contributed by atoms with Gasteiger partial charge in [-0.3, -0.25) is 4.79 Å². The molecule has 0 aliphatic heterocycles. The number of aryl methyl sites for hydroxylation is 1. The average Bonchev–Trinajstić information content (AvgIpc) is 3.02. The number of sulfonamides is 1. The van der Waals surface area contributed by atoms with Gasteiger partial charge >= 0.3 is 5.97 Å². The summed E-state index contributed by atoms with van der Waals surface area (Å²) in [7, 11) is -3.88. The van der Waals surface area contributed by atoms with Crippen LogP contribution in [-0.2, 0) is 14.8 Å². The molecular weight excluding hydrogens is 416 g/mol. The first-order valence-electron chi connectivity index (χ1n) is 10.5. The number of Topliss-reactive ketones (excluding diaryl/α,β-unsaturated/α-hetero) is 1. The van der Waals surface area contributed by atoms with Gasteiger partial charge in [0.1, 0.15) is 5.69 Å². The third kappa shape index (κ3) is 5.43. The summed E-state index contributed by atoms with van der Waals surface area (Å²) in [5, 5.41) is 0. The lowest BCUT2D eigenvalue weighted by Crippen LogP contribution is -2.44. The van der Waals surface area contributed by atoms with Crippen molar-refractivity contribution in [2.75, 3.05) is 13.2 Å². The summed E-state index contributed by atoms with van der Waals surface area (Å²) in [5.74, 6) is -0.629. The molecule has 0 saturated carbocycles. The third-order valence-corrected chi connectivity index (χ3v) is 7.24. The molecule has 170 valence electrons. The molecule has 1 atom stereocenters.